The highest BCUT2D eigenvalue weighted by molar-refractivity contribution is 7.89. The Morgan fingerprint density at radius 2 is 1.70 bits per heavy atom. The van der Waals surface area contributed by atoms with Gasteiger partial charge in [0.25, 0.3) is 0 Å². The lowest BCUT2D eigenvalue weighted by Crippen LogP contribution is -2.62. The number of hydrogen-bond acceptors (Lipinski definition) is 8. The highest BCUT2D eigenvalue weighted by Gasteiger charge is 2.41. The molecule has 47 heavy (non-hydrogen) atoms. The van der Waals surface area contributed by atoms with Crippen LogP contribution in [0.4, 0.5) is 17.6 Å². The van der Waals surface area contributed by atoms with Crippen LogP contribution in [0.3, 0.4) is 0 Å². The standard InChI is InChI=1S/C28H37F4N7O5S.C2H6/c1-4-24(29)21-7-5-20(6-8-21)16-34-27(41)25-17-37(26(40)18-39(33)36-35-15-19(2)3)13-14-38(25)45(42,43)23-11-9-22(10-12-23)44-28(30,31)32;1-2/h5-12,19,24-25H,4,13-18,33H2,1-3H3,(H,34,41);1-2H3/t24?,25-;/m1./s1. The summed E-state index contributed by atoms with van der Waals surface area (Å²) in [4.78, 5) is 27.4. The first-order valence-corrected chi connectivity index (χ1v) is 16.6. The monoisotopic (exact) mass is 689 g/mol. The van der Waals surface area contributed by atoms with Gasteiger partial charge in [-0.25, -0.2) is 23.8 Å². The highest BCUT2D eigenvalue weighted by Crippen LogP contribution is 2.27. The molecule has 1 saturated heterocycles. The van der Waals surface area contributed by atoms with Gasteiger partial charge >= 0.3 is 6.36 Å². The Hall–Kier alpha value is -3.83. The van der Waals surface area contributed by atoms with E-state index in [0.29, 0.717) is 24.1 Å². The molecule has 0 saturated carbocycles. The Morgan fingerprint density at radius 3 is 2.26 bits per heavy atom. The van der Waals surface area contributed by atoms with Gasteiger partial charge in [-0.2, -0.15) is 9.42 Å². The van der Waals surface area contributed by atoms with Gasteiger partial charge in [0.1, 0.15) is 24.5 Å². The van der Waals surface area contributed by atoms with Crippen molar-refractivity contribution in [2.75, 3.05) is 32.7 Å². The van der Waals surface area contributed by atoms with Crippen LogP contribution in [0.25, 0.3) is 0 Å². The Morgan fingerprint density at radius 1 is 1.09 bits per heavy atom. The maximum Gasteiger partial charge on any atom is 0.573 e. The number of carbonyl (C=O) groups excluding carboxylic acids is 2. The van der Waals surface area contributed by atoms with Crippen LogP contribution in [0.15, 0.2) is 63.8 Å². The maximum absolute atomic E-state index is 14.0. The molecule has 17 heteroatoms. The third-order valence-electron chi connectivity index (χ3n) is 6.74. The molecular formula is C30H43F4N7O5S. The molecule has 262 valence electrons. The van der Waals surface area contributed by atoms with Crippen molar-refractivity contribution in [3.05, 3.63) is 59.7 Å². The van der Waals surface area contributed by atoms with Crippen molar-refractivity contribution in [2.45, 2.75) is 71.1 Å². The second-order valence-electron chi connectivity index (χ2n) is 10.7. The van der Waals surface area contributed by atoms with Crippen molar-refractivity contribution in [3.63, 3.8) is 0 Å². The average Bonchev–Trinajstić information content (AvgIpc) is 3.03. The molecule has 2 amide bonds. The number of benzene rings is 2. The summed E-state index contributed by atoms with van der Waals surface area (Å²) in [6, 6.07) is 8.64. The number of ether oxygens (including phenoxy) is 1. The molecule has 1 fully saturated rings. The maximum atomic E-state index is 14.0. The van der Waals surface area contributed by atoms with Crippen molar-refractivity contribution >= 4 is 21.8 Å². The minimum absolute atomic E-state index is 0.0170. The highest BCUT2D eigenvalue weighted by atomic mass is 32.2. The molecule has 12 nitrogen and oxygen atoms in total. The van der Waals surface area contributed by atoms with E-state index in [-0.39, 0.29) is 43.5 Å². The lowest BCUT2D eigenvalue weighted by molar-refractivity contribution is -0.274. The van der Waals surface area contributed by atoms with Crippen LogP contribution in [-0.2, 0) is 26.2 Å². The van der Waals surface area contributed by atoms with Gasteiger partial charge in [0.15, 0.2) is 0 Å². The zero-order valence-electron chi connectivity index (χ0n) is 27.1. The molecule has 0 radical (unpaired) electrons. The van der Waals surface area contributed by atoms with Gasteiger partial charge in [-0.1, -0.05) is 64.1 Å². The number of piperazine rings is 1. The molecule has 0 aliphatic carbocycles. The molecule has 1 unspecified atom stereocenters. The summed E-state index contributed by atoms with van der Waals surface area (Å²) >= 11 is 0. The number of alkyl halides is 4. The molecular weight excluding hydrogens is 646 g/mol. The number of carbonyl (C=O) groups is 2. The summed E-state index contributed by atoms with van der Waals surface area (Å²) in [6.45, 7) is 8.82. The number of amides is 2. The van der Waals surface area contributed by atoms with Crippen molar-refractivity contribution in [1.82, 2.24) is 19.6 Å². The lowest BCUT2D eigenvalue weighted by Gasteiger charge is -2.39. The number of nitrogens with one attached hydrogen (secondary N) is 1. The van der Waals surface area contributed by atoms with Gasteiger partial charge in [-0.3, -0.25) is 9.59 Å². The summed E-state index contributed by atoms with van der Waals surface area (Å²) in [6.07, 6.45) is -5.79. The Balaban J connectivity index is 0.00000376. The van der Waals surface area contributed by atoms with Gasteiger partial charge in [-0.05, 0) is 47.7 Å². The summed E-state index contributed by atoms with van der Waals surface area (Å²) < 4.78 is 83.7. The van der Waals surface area contributed by atoms with Gasteiger partial charge in [-0.15, -0.1) is 13.2 Å². The predicted molar refractivity (Wildman–Crippen MR) is 167 cm³/mol. The van der Waals surface area contributed by atoms with E-state index in [0.717, 1.165) is 33.7 Å². The van der Waals surface area contributed by atoms with Gasteiger partial charge in [0.05, 0.1) is 11.4 Å². The third kappa shape index (κ3) is 12.0. The Labute approximate surface area is 272 Å². The van der Waals surface area contributed by atoms with E-state index in [2.05, 4.69) is 20.4 Å². The Bertz CT molecular complexity index is 1430. The molecule has 1 aliphatic rings. The molecule has 2 atom stereocenters. The predicted octanol–water partition coefficient (Wildman–Crippen LogP) is 4.75. The number of halogens is 4. The van der Waals surface area contributed by atoms with Gasteiger partial charge < -0.3 is 15.0 Å². The summed E-state index contributed by atoms with van der Waals surface area (Å²) in [5.41, 5.74) is 1.11. The van der Waals surface area contributed by atoms with Crippen molar-refractivity contribution in [2.24, 2.45) is 22.1 Å². The zero-order chi connectivity index (χ0) is 35.4. The molecule has 2 aromatic rings. The molecule has 1 heterocycles. The minimum Gasteiger partial charge on any atom is -0.406 e. The third-order valence-corrected chi connectivity index (χ3v) is 8.66. The molecule has 1 aliphatic heterocycles. The van der Waals surface area contributed by atoms with Crippen LogP contribution in [0.1, 0.15) is 58.3 Å². The normalized spacial score (nSPS) is 16.4. The number of sulfonamides is 1. The molecule has 0 bridgehead atoms. The summed E-state index contributed by atoms with van der Waals surface area (Å²) in [5, 5.41) is 11.2. The second-order valence-corrected chi connectivity index (χ2v) is 12.6. The summed E-state index contributed by atoms with van der Waals surface area (Å²) in [7, 11) is -4.42. The van der Waals surface area contributed by atoms with Crippen molar-refractivity contribution in [3.8, 4) is 5.75 Å². The SMILES string of the molecule is CC.CCC(F)c1ccc(CNC(=O)[C@H]2CN(C(=O)CN(N)N=NCC(C)C)CCN2S(=O)(=O)c2ccc(OC(F)(F)F)cc2)cc1. The van der Waals surface area contributed by atoms with Crippen LogP contribution < -0.4 is 15.9 Å². The molecule has 2 aromatic carbocycles. The number of rotatable bonds is 13. The van der Waals surface area contributed by atoms with E-state index in [1.807, 2.05) is 27.7 Å². The average molecular weight is 690 g/mol. The topological polar surface area (TPSA) is 150 Å². The first-order chi connectivity index (χ1) is 22.1. The van der Waals surface area contributed by atoms with Crippen LogP contribution in [0.2, 0.25) is 0 Å². The van der Waals surface area contributed by atoms with E-state index in [9.17, 15) is 35.6 Å². The van der Waals surface area contributed by atoms with E-state index in [4.69, 9.17) is 5.84 Å². The zero-order valence-corrected chi connectivity index (χ0v) is 27.9. The van der Waals surface area contributed by atoms with Gasteiger partial charge in [0, 0.05) is 26.2 Å². The van der Waals surface area contributed by atoms with Crippen molar-refractivity contribution < 1.29 is 40.3 Å². The summed E-state index contributed by atoms with van der Waals surface area (Å²) in [5.74, 6) is 4.11. The number of nitrogens with zero attached hydrogens (tertiary/aromatic N) is 5. The van der Waals surface area contributed by atoms with Crippen LogP contribution in [-0.4, -0.2) is 79.7 Å². The van der Waals surface area contributed by atoms with Crippen LogP contribution in [0, 0.1) is 5.92 Å². The smallest absolute Gasteiger partial charge is 0.406 e. The number of hydrogen-bond donors (Lipinski definition) is 2. The number of nitrogens with two attached hydrogens (primary N) is 1. The first kappa shape index (κ1) is 39.3. The largest absolute Gasteiger partial charge is 0.573 e. The lowest BCUT2D eigenvalue weighted by atomic mass is 10.1. The van der Waals surface area contributed by atoms with E-state index in [1.165, 1.54) is 4.90 Å². The molecule has 3 N–H and O–H groups in total. The molecule has 3 rings (SSSR count). The fraction of sp³-hybridized carbons (Fsp3) is 0.533. The molecule has 0 aromatic heterocycles. The van der Waals surface area contributed by atoms with Crippen LogP contribution in [0.5, 0.6) is 5.75 Å². The van der Waals surface area contributed by atoms with Gasteiger partial charge in [0.2, 0.25) is 21.8 Å². The number of hydrazine groups is 1. The van der Waals surface area contributed by atoms with Crippen LogP contribution >= 0.6 is 0 Å². The van der Waals surface area contributed by atoms with Crippen molar-refractivity contribution in [1.29, 1.82) is 0 Å². The fourth-order valence-corrected chi connectivity index (χ4v) is 5.95. The minimum atomic E-state index is -4.97. The first-order valence-electron chi connectivity index (χ1n) is 15.2. The second kappa shape index (κ2) is 17.9. The van der Waals surface area contributed by atoms with E-state index in [1.54, 1.807) is 31.2 Å². The molecule has 0 spiro atoms. The quantitative estimate of drug-likeness (QED) is 0.133. The van der Waals surface area contributed by atoms with E-state index < -0.39 is 46.2 Å². The van der Waals surface area contributed by atoms with E-state index >= 15 is 0 Å². The Kier molecular flexibility index (Phi) is 15.0. The fourth-order valence-electron chi connectivity index (χ4n) is 4.38.